The number of phosphoric ester groups is 1. The fourth-order valence-electron chi connectivity index (χ4n) is 4.71. The monoisotopic (exact) mass is 756 g/mol. The van der Waals surface area contributed by atoms with E-state index in [0.717, 1.165) is 38.0 Å². The van der Waals surface area contributed by atoms with Gasteiger partial charge in [-0.15, -0.1) is 0 Å². The van der Waals surface area contributed by atoms with Crippen LogP contribution in [0.3, 0.4) is 0 Å². The highest BCUT2D eigenvalue weighted by Gasteiger charge is 2.27. The van der Waals surface area contributed by atoms with Crippen LogP contribution in [0, 0.1) is 5.92 Å². The maximum Gasteiger partial charge on any atom is 0.472 e. The van der Waals surface area contributed by atoms with Gasteiger partial charge in [0.1, 0.15) is 12.7 Å². The summed E-state index contributed by atoms with van der Waals surface area (Å²) in [5.41, 5.74) is 0. The molecule has 0 aliphatic heterocycles. The predicted molar refractivity (Wildman–Crippen MR) is 206 cm³/mol. The molecule has 0 aliphatic carbocycles. The molecule has 4 N–H and O–H groups in total. The predicted octanol–water partition coefficient (Wildman–Crippen LogP) is 8.38. The number of phosphoric acid groups is 1. The van der Waals surface area contributed by atoms with Crippen molar-refractivity contribution >= 4 is 19.8 Å². The number of allylic oxidation sites excluding steroid dienone is 8. The Kier molecular flexibility index (Phi) is 32.8. The molecule has 4 atom stereocenters. The first-order valence-corrected chi connectivity index (χ1v) is 20.7. The van der Waals surface area contributed by atoms with Gasteiger partial charge >= 0.3 is 19.8 Å². The maximum atomic E-state index is 12.5. The number of esters is 2. The van der Waals surface area contributed by atoms with Crippen molar-refractivity contribution in [1.82, 2.24) is 0 Å². The lowest BCUT2D eigenvalue weighted by molar-refractivity contribution is -0.161. The van der Waals surface area contributed by atoms with Gasteiger partial charge in [0.05, 0.1) is 25.9 Å². The van der Waals surface area contributed by atoms with Gasteiger partial charge in [0.15, 0.2) is 6.10 Å². The molecule has 0 saturated carbocycles. The van der Waals surface area contributed by atoms with Gasteiger partial charge < -0.3 is 29.7 Å². The summed E-state index contributed by atoms with van der Waals surface area (Å²) in [4.78, 5) is 34.8. The van der Waals surface area contributed by atoms with Crippen LogP contribution in [0.5, 0.6) is 0 Å². The van der Waals surface area contributed by atoms with Gasteiger partial charge in [0, 0.05) is 12.8 Å². The maximum absolute atomic E-state index is 12.5. The number of hydrogen-bond acceptors (Lipinski definition) is 10. The van der Waals surface area contributed by atoms with E-state index in [1.54, 1.807) is 6.08 Å². The number of unbranched alkanes of at least 4 members (excludes halogenated alkanes) is 8. The third-order valence-corrected chi connectivity index (χ3v) is 8.65. The molecule has 2 unspecified atom stereocenters. The molecular formula is C40H69O11P. The topological polar surface area (TPSA) is 169 Å². The van der Waals surface area contributed by atoms with Crippen LogP contribution in [0.15, 0.2) is 60.8 Å². The average molecular weight is 757 g/mol. The summed E-state index contributed by atoms with van der Waals surface area (Å²) in [6.45, 7) is 4.34. The lowest BCUT2D eigenvalue weighted by Gasteiger charge is -2.20. The zero-order chi connectivity index (χ0) is 38.7. The summed E-state index contributed by atoms with van der Waals surface area (Å²) >= 11 is 0. The summed E-state index contributed by atoms with van der Waals surface area (Å²) in [5.74, 6) is -0.295. The number of hydrogen-bond donors (Lipinski definition) is 4. The first-order chi connectivity index (χ1) is 25.0. The molecule has 11 nitrogen and oxygen atoms in total. The summed E-state index contributed by atoms with van der Waals surface area (Å²) in [6, 6.07) is 0. The molecule has 0 aromatic heterocycles. The molecule has 0 spiro atoms. The van der Waals surface area contributed by atoms with Crippen molar-refractivity contribution in [3.05, 3.63) is 60.8 Å². The van der Waals surface area contributed by atoms with Gasteiger partial charge in [-0.1, -0.05) is 133 Å². The fraction of sp³-hybridized carbons (Fsp3) is 0.700. The second kappa shape index (κ2) is 34.4. The Hall–Kier alpha value is -2.37. The van der Waals surface area contributed by atoms with Gasteiger partial charge in [-0.05, 0) is 50.9 Å². The van der Waals surface area contributed by atoms with Crippen LogP contribution in [-0.4, -0.2) is 76.9 Å². The SMILES string of the molecule is CC/C=C\C/C=C\CC(O)/C=C/C=C\C/C=C\CCCC(=O)OC[C@H](COP(=O)(O)OC[C@@H](O)CO)OC(=O)CCCCCCCCCCC(C)C. The zero-order valence-electron chi connectivity index (χ0n) is 32.0. The Balaban J connectivity index is 4.53. The van der Waals surface area contributed by atoms with Crippen molar-refractivity contribution < 1.29 is 52.9 Å². The highest BCUT2D eigenvalue weighted by Crippen LogP contribution is 2.43. The van der Waals surface area contributed by atoms with E-state index < -0.39 is 57.9 Å². The molecule has 0 aromatic carbocycles. The largest absolute Gasteiger partial charge is 0.472 e. The van der Waals surface area contributed by atoms with E-state index in [0.29, 0.717) is 32.1 Å². The minimum Gasteiger partial charge on any atom is -0.462 e. The quantitative estimate of drug-likeness (QED) is 0.0164. The Morgan fingerprint density at radius 1 is 0.712 bits per heavy atom. The number of aliphatic hydroxyl groups excluding tert-OH is 3. The van der Waals surface area contributed by atoms with E-state index in [9.17, 15) is 29.3 Å². The lowest BCUT2D eigenvalue weighted by Crippen LogP contribution is -2.29. The van der Waals surface area contributed by atoms with Crippen LogP contribution in [0.2, 0.25) is 0 Å². The molecular weight excluding hydrogens is 687 g/mol. The fourth-order valence-corrected chi connectivity index (χ4v) is 5.50. The van der Waals surface area contributed by atoms with E-state index >= 15 is 0 Å². The van der Waals surface area contributed by atoms with E-state index in [2.05, 4.69) is 37.4 Å². The Morgan fingerprint density at radius 2 is 1.33 bits per heavy atom. The Bertz CT molecular complexity index is 1080. The third-order valence-electron chi connectivity index (χ3n) is 7.69. The van der Waals surface area contributed by atoms with Crippen molar-refractivity contribution in [1.29, 1.82) is 0 Å². The lowest BCUT2D eigenvalue weighted by atomic mass is 10.0. The first kappa shape index (κ1) is 49.6. The van der Waals surface area contributed by atoms with Crippen LogP contribution in [-0.2, 0) is 32.7 Å². The van der Waals surface area contributed by atoms with Crippen molar-refractivity contribution in [3.8, 4) is 0 Å². The molecule has 300 valence electrons. The minimum atomic E-state index is -4.64. The molecule has 52 heavy (non-hydrogen) atoms. The van der Waals surface area contributed by atoms with Gasteiger partial charge in [-0.2, -0.15) is 0 Å². The zero-order valence-corrected chi connectivity index (χ0v) is 32.9. The summed E-state index contributed by atoms with van der Waals surface area (Å²) in [5, 5.41) is 28.2. The summed E-state index contributed by atoms with van der Waals surface area (Å²) in [6.07, 6.45) is 31.1. The standard InChI is InChI=1S/C40H69O11P/c1-4-5-6-7-17-22-27-36(42)28-23-18-13-9-11-14-19-24-29-39(44)48-33-38(34-50-52(46,47)49-32-37(43)31-41)51-40(45)30-25-20-15-10-8-12-16-21-26-35(2)3/h5-6,11,13-14,17-18,22-23,28,35-38,41-43H,4,7-10,12,15-16,19-21,24-27,29-34H2,1-3H3,(H,46,47)/b6-5-,14-11-,18-13-,22-17-,28-23+/t36?,37-,38+/m0/s1. The minimum absolute atomic E-state index is 0.129. The van der Waals surface area contributed by atoms with Crippen LogP contribution >= 0.6 is 7.82 Å². The van der Waals surface area contributed by atoms with Crippen molar-refractivity contribution in [3.63, 3.8) is 0 Å². The van der Waals surface area contributed by atoms with E-state index in [-0.39, 0.29) is 19.4 Å². The van der Waals surface area contributed by atoms with E-state index in [1.165, 1.54) is 32.1 Å². The molecule has 0 aliphatic rings. The number of carbonyl (C=O) groups excluding carboxylic acids is 2. The molecule has 0 heterocycles. The number of rotatable bonds is 34. The molecule has 0 aromatic rings. The normalized spacial score (nSPS) is 15.4. The van der Waals surface area contributed by atoms with Gasteiger partial charge in [0.2, 0.25) is 0 Å². The van der Waals surface area contributed by atoms with Crippen LogP contribution in [0.1, 0.15) is 130 Å². The molecule has 0 bridgehead atoms. The number of carbonyl (C=O) groups is 2. The number of ether oxygens (including phenoxy) is 2. The second-order valence-corrected chi connectivity index (χ2v) is 14.7. The summed E-state index contributed by atoms with van der Waals surface area (Å²) < 4.78 is 32.5. The van der Waals surface area contributed by atoms with E-state index in [4.69, 9.17) is 19.1 Å². The highest BCUT2D eigenvalue weighted by molar-refractivity contribution is 7.47. The molecule has 0 fully saturated rings. The van der Waals surface area contributed by atoms with Gasteiger partial charge in [-0.25, -0.2) is 4.57 Å². The Morgan fingerprint density at radius 3 is 2.02 bits per heavy atom. The Labute approximate surface area is 313 Å². The van der Waals surface area contributed by atoms with E-state index in [1.807, 2.05) is 42.5 Å². The second-order valence-electron chi connectivity index (χ2n) is 13.3. The molecule has 0 radical (unpaired) electrons. The van der Waals surface area contributed by atoms with Gasteiger partial charge in [-0.3, -0.25) is 18.6 Å². The average Bonchev–Trinajstić information content (AvgIpc) is 3.11. The third kappa shape index (κ3) is 34.7. The molecule has 12 heteroatoms. The first-order valence-electron chi connectivity index (χ1n) is 19.2. The molecule has 0 rings (SSSR count). The smallest absolute Gasteiger partial charge is 0.462 e. The molecule has 0 amide bonds. The number of aliphatic hydroxyl groups is 3. The van der Waals surface area contributed by atoms with Crippen LogP contribution in [0.25, 0.3) is 0 Å². The summed E-state index contributed by atoms with van der Waals surface area (Å²) in [7, 11) is -4.64. The van der Waals surface area contributed by atoms with Crippen molar-refractivity contribution in [2.75, 3.05) is 26.4 Å². The van der Waals surface area contributed by atoms with Crippen molar-refractivity contribution in [2.45, 2.75) is 148 Å². The highest BCUT2D eigenvalue weighted by atomic mass is 31.2. The van der Waals surface area contributed by atoms with Crippen LogP contribution < -0.4 is 0 Å². The van der Waals surface area contributed by atoms with Crippen molar-refractivity contribution in [2.24, 2.45) is 5.92 Å². The van der Waals surface area contributed by atoms with Crippen LogP contribution in [0.4, 0.5) is 0 Å². The molecule has 0 saturated heterocycles. The van der Waals surface area contributed by atoms with Gasteiger partial charge in [0.25, 0.3) is 0 Å².